The van der Waals surface area contributed by atoms with E-state index in [9.17, 15) is 14.0 Å². The molecule has 2 aromatic heterocycles. The highest BCUT2D eigenvalue weighted by molar-refractivity contribution is 6.03. The second-order valence-corrected chi connectivity index (χ2v) is 9.16. The third-order valence-electron chi connectivity index (χ3n) is 5.97. The van der Waals surface area contributed by atoms with Crippen molar-refractivity contribution in [2.24, 2.45) is 7.05 Å². The van der Waals surface area contributed by atoms with Crippen LogP contribution in [0.3, 0.4) is 0 Å². The molecule has 2 heterocycles. The van der Waals surface area contributed by atoms with Gasteiger partial charge in [-0.25, -0.2) is 19.2 Å². The fourth-order valence-corrected chi connectivity index (χ4v) is 4.12. The number of nitrogens with zero attached hydrogens (tertiary/aromatic N) is 4. The smallest absolute Gasteiger partial charge is 0.341 e. The van der Waals surface area contributed by atoms with Gasteiger partial charge >= 0.3 is 5.97 Å². The second-order valence-electron chi connectivity index (χ2n) is 9.16. The zero-order chi connectivity index (χ0) is 28.8. The number of amides is 1. The molecule has 4 aromatic rings. The van der Waals surface area contributed by atoms with Crippen LogP contribution in [0.1, 0.15) is 17.3 Å². The van der Waals surface area contributed by atoms with Crippen LogP contribution in [0.5, 0.6) is 5.75 Å². The molecule has 1 amide bonds. The van der Waals surface area contributed by atoms with E-state index in [2.05, 4.69) is 20.6 Å². The molecule has 0 saturated heterocycles. The molecule has 0 unspecified atom stereocenters. The number of fused-ring (bicyclic) bond motifs is 1. The summed E-state index contributed by atoms with van der Waals surface area (Å²) in [5, 5.41) is 6.47. The summed E-state index contributed by atoms with van der Waals surface area (Å²) in [6.07, 6.45) is 6.28. The lowest BCUT2D eigenvalue weighted by molar-refractivity contribution is -0.111. The Kier molecular flexibility index (Phi) is 8.75. The molecule has 10 nitrogen and oxygen atoms in total. The Bertz CT molecular complexity index is 1580. The minimum atomic E-state index is -0.674. The normalized spacial score (nSPS) is 11.3. The number of anilines is 3. The maximum absolute atomic E-state index is 14.8. The van der Waals surface area contributed by atoms with Crippen LogP contribution in [-0.2, 0) is 16.6 Å². The van der Waals surface area contributed by atoms with Gasteiger partial charge in [0.15, 0.2) is 5.82 Å². The highest BCUT2D eigenvalue weighted by Gasteiger charge is 2.21. The van der Waals surface area contributed by atoms with Crippen molar-refractivity contribution >= 4 is 40.1 Å². The number of nitrogens with one attached hydrogen (secondary N) is 2. The zero-order valence-corrected chi connectivity index (χ0v) is 23.0. The van der Waals surface area contributed by atoms with E-state index in [-0.39, 0.29) is 29.6 Å². The van der Waals surface area contributed by atoms with Crippen LogP contribution < -0.4 is 15.4 Å². The van der Waals surface area contributed by atoms with E-state index in [1.54, 1.807) is 13.0 Å². The number of hydrogen-bond acceptors (Lipinski definition) is 8. The molecule has 40 heavy (non-hydrogen) atoms. The molecule has 2 aromatic carbocycles. The van der Waals surface area contributed by atoms with Gasteiger partial charge in [0.05, 0.1) is 30.8 Å². The number of benzene rings is 2. The predicted molar refractivity (Wildman–Crippen MR) is 152 cm³/mol. The molecule has 2 N–H and O–H groups in total. The largest absolute Gasteiger partial charge is 0.494 e. The number of para-hydroxylation sites is 1. The van der Waals surface area contributed by atoms with Gasteiger partial charge in [0.2, 0.25) is 11.9 Å². The number of halogens is 1. The Hall–Kier alpha value is -4.77. The predicted octanol–water partition coefficient (Wildman–Crippen LogP) is 4.76. The van der Waals surface area contributed by atoms with Gasteiger partial charge in [0.1, 0.15) is 11.3 Å². The molecular weight excluding hydrogens is 515 g/mol. The van der Waals surface area contributed by atoms with Crippen LogP contribution in [0.2, 0.25) is 0 Å². The van der Waals surface area contributed by atoms with E-state index in [0.717, 1.165) is 22.5 Å². The lowest BCUT2D eigenvalue weighted by atomic mass is 10.1. The number of methoxy groups -OCH3 is 1. The summed E-state index contributed by atoms with van der Waals surface area (Å²) in [5.74, 6) is -1.41. The number of aromatic nitrogens is 3. The SMILES string of the molecule is CCOC(=O)c1cnc(Nc2cc(NC(=O)/C=C/CN(C)C)c(F)cc2OC)nc1-c1cn(C)c2ccccc12. The molecule has 0 aliphatic rings. The second kappa shape index (κ2) is 12.4. The lowest BCUT2D eigenvalue weighted by Gasteiger charge is -2.15. The van der Waals surface area contributed by atoms with Crippen molar-refractivity contribution in [1.29, 1.82) is 0 Å². The van der Waals surface area contributed by atoms with Crippen LogP contribution in [0, 0.1) is 5.82 Å². The number of hydrogen-bond donors (Lipinski definition) is 2. The van der Waals surface area contributed by atoms with Gasteiger partial charge in [-0.2, -0.15) is 0 Å². The molecule has 11 heteroatoms. The quantitative estimate of drug-likeness (QED) is 0.216. The number of ether oxygens (including phenoxy) is 2. The summed E-state index contributed by atoms with van der Waals surface area (Å²) < 4.78 is 27.3. The first-order valence-electron chi connectivity index (χ1n) is 12.6. The monoisotopic (exact) mass is 546 g/mol. The van der Waals surface area contributed by atoms with E-state index in [1.807, 2.05) is 61.1 Å². The van der Waals surface area contributed by atoms with Crippen LogP contribution in [-0.4, -0.2) is 65.7 Å². The van der Waals surface area contributed by atoms with Crippen molar-refractivity contribution < 1.29 is 23.5 Å². The molecule has 0 aliphatic heterocycles. The zero-order valence-electron chi connectivity index (χ0n) is 23.0. The topological polar surface area (TPSA) is 111 Å². The number of aryl methyl sites for hydroxylation is 1. The summed E-state index contributed by atoms with van der Waals surface area (Å²) in [6, 6.07) is 10.3. The number of rotatable bonds is 10. The Morgan fingerprint density at radius 2 is 1.95 bits per heavy atom. The Balaban J connectivity index is 1.73. The standard InChI is InChI=1S/C29H31FN6O4/c1-6-40-28(38)19-16-31-29(34-27(19)20-17-36(4)24-11-8-7-10-18(20)24)33-23-15-22(21(30)14-25(23)39-5)32-26(37)12-9-13-35(2)3/h7-12,14-17H,6,13H2,1-5H3,(H,32,37)(H,31,33,34)/b12-9+. The van der Waals surface area contributed by atoms with E-state index < -0.39 is 17.7 Å². The van der Waals surface area contributed by atoms with Crippen LogP contribution >= 0.6 is 0 Å². The number of carbonyl (C=O) groups is 2. The minimum absolute atomic E-state index is 0.0553. The first-order chi connectivity index (χ1) is 19.2. The van der Waals surface area contributed by atoms with Crippen molar-refractivity contribution in [2.45, 2.75) is 6.92 Å². The minimum Gasteiger partial charge on any atom is -0.494 e. The first-order valence-corrected chi connectivity index (χ1v) is 12.6. The maximum atomic E-state index is 14.8. The highest BCUT2D eigenvalue weighted by Crippen LogP contribution is 2.35. The molecule has 0 fully saturated rings. The van der Waals surface area contributed by atoms with Gasteiger partial charge in [-0.15, -0.1) is 0 Å². The van der Waals surface area contributed by atoms with Crippen LogP contribution in [0.25, 0.3) is 22.2 Å². The Morgan fingerprint density at radius 1 is 1.18 bits per heavy atom. The summed E-state index contributed by atoms with van der Waals surface area (Å²) in [4.78, 5) is 36.0. The maximum Gasteiger partial charge on any atom is 0.341 e. The lowest BCUT2D eigenvalue weighted by Crippen LogP contribution is -2.13. The molecular formula is C29H31FN6O4. The summed E-state index contributed by atoms with van der Waals surface area (Å²) in [5.41, 5.74) is 2.50. The van der Waals surface area contributed by atoms with Crippen molar-refractivity contribution in [2.75, 3.05) is 45.0 Å². The van der Waals surface area contributed by atoms with Crippen LogP contribution in [0.15, 0.2) is 60.9 Å². The highest BCUT2D eigenvalue weighted by atomic mass is 19.1. The molecule has 0 aliphatic carbocycles. The first kappa shape index (κ1) is 28.2. The number of esters is 1. The molecule has 208 valence electrons. The van der Waals surface area contributed by atoms with E-state index >= 15 is 0 Å². The summed E-state index contributed by atoms with van der Waals surface area (Å²) in [7, 11) is 7.05. The van der Waals surface area contributed by atoms with Gasteiger partial charge in [-0.1, -0.05) is 24.3 Å². The molecule has 0 radical (unpaired) electrons. The average molecular weight is 547 g/mol. The molecule has 0 spiro atoms. The van der Waals surface area contributed by atoms with Gasteiger partial charge in [0, 0.05) is 54.6 Å². The Morgan fingerprint density at radius 3 is 2.67 bits per heavy atom. The van der Waals surface area contributed by atoms with Gasteiger partial charge in [-0.05, 0) is 33.2 Å². The van der Waals surface area contributed by atoms with Crippen molar-refractivity contribution in [3.63, 3.8) is 0 Å². The average Bonchev–Trinajstić information content (AvgIpc) is 3.26. The molecule has 0 bridgehead atoms. The van der Waals surface area contributed by atoms with Gasteiger partial charge in [-0.3, -0.25) is 4.79 Å². The fraction of sp³-hybridized carbons (Fsp3) is 0.241. The number of likely N-dealkylation sites (N-methyl/N-ethyl adjacent to an activating group) is 1. The van der Waals surface area contributed by atoms with Crippen molar-refractivity contribution in [1.82, 2.24) is 19.4 Å². The molecule has 0 saturated carbocycles. The number of carbonyl (C=O) groups excluding carboxylic acids is 2. The van der Waals surface area contributed by atoms with E-state index in [1.165, 1.54) is 25.4 Å². The van der Waals surface area contributed by atoms with E-state index in [0.29, 0.717) is 17.9 Å². The summed E-state index contributed by atoms with van der Waals surface area (Å²) >= 11 is 0. The van der Waals surface area contributed by atoms with Crippen molar-refractivity contribution in [3.05, 3.63) is 72.3 Å². The Labute approximate surface area is 231 Å². The van der Waals surface area contributed by atoms with Gasteiger partial charge in [0.25, 0.3) is 0 Å². The fourth-order valence-electron chi connectivity index (χ4n) is 4.12. The molecule has 4 rings (SSSR count). The van der Waals surface area contributed by atoms with E-state index in [4.69, 9.17) is 9.47 Å². The summed E-state index contributed by atoms with van der Waals surface area (Å²) in [6.45, 7) is 2.48. The molecule has 0 atom stereocenters. The third-order valence-corrected chi connectivity index (χ3v) is 5.97. The van der Waals surface area contributed by atoms with Crippen molar-refractivity contribution in [3.8, 4) is 17.0 Å². The third kappa shape index (κ3) is 6.26. The van der Waals surface area contributed by atoms with Crippen LogP contribution in [0.4, 0.5) is 21.7 Å². The van der Waals surface area contributed by atoms with Gasteiger partial charge < -0.3 is 29.6 Å².